The SMILES string of the molecule is C=C(CC)c1cccc(CN(C)Cc2ccc(C(C)(C)C)cc2)c1.Cl. The maximum atomic E-state index is 4.15. The molecule has 0 aliphatic carbocycles. The van der Waals surface area contributed by atoms with Gasteiger partial charge in [-0.15, -0.1) is 12.4 Å². The van der Waals surface area contributed by atoms with Crippen LogP contribution in [0.25, 0.3) is 5.57 Å². The molecule has 0 aliphatic heterocycles. The largest absolute Gasteiger partial charge is 0.298 e. The zero-order valence-electron chi connectivity index (χ0n) is 16.3. The van der Waals surface area contributed by atoms with Gasteiger partial charge in [0.2, 0.25) is 0 Å². The fourth-order valence-electron chi connectivity index (χ4n) is 2.88. The van der Waals surface area contributed by atoms with Crippen molar-refractivity contribution >= 4 is 18.0 Å². The number of allylic oxidation sites excluding steroid dienone is 1. The monoisotopic (exact) mass is 357 g/mol. The molecule has 1 nitrogen and oxygen atoms in total. The van der Waals surface area contributed by atoms with Crippen LogP contribution in [0.4, 0.5) is 0 Å². The Balaban J connectivity index is 0.00000312. The lowest BCUT2D eigenvalue weighted by Gasteiger charge is -2.21. The number of hydrogen-bond acceptors (Lipinski definition) is 1. The highest BCUT2D eigenvalue weighted by Gasteiger charge is 2.13. The summed E-state index contributed by atoms with van der Waals surface area (Å²) in [5.74, 6) is 0. The highest BCUT2D eigenvalue weighted by molar-refractivity contribution is 5.85. The lowest BCUT2D eigenvalue weighted by Crippen LogP contribution is -2.17. The molecule has 0 N–H and O–H groups in total. The lowest BCUT2D eigenvalue weighted by atomic mass is 9.87. The van der Waals surface area contributed by atoms with Crippen molar-refractivity contribution in [3.8, 4) is 0 Å². The molecule has 0 saturated carbocycles. The second kappa shape index (κ2) is 9.22. The van der Waals surface area contributed by atoms with Crippen LogP contribution < -0.4 is 0 Å². The third-order valence-electron chi connectivity index (χ3n) is 4.49. The number of nitrogens with zero attached hydrogens (tertiary/aromatic N) is 1. The summed E-state index contributed by atoms with van der Waals surface area (Å²) in [4.78, 5) is 2.36. The first-order valence-corrected chi connectivity index (χ1v) is 8.84. The van der Waals surface area contributed by atoms with Gasteiger partial charge in [-0.1, -0.05) is 82.8 Å². The van der Waals surface area contributed by atoms with Crippen molar-refractivity contribution < 1.29 is 0 Å². The zero-order chi connectivity index (χ0) is 17.7. The molecule has 25 heavy (non-hydrogen) atoms. The summed E-state index contributed by atoms with van der Waals surface area (Å²) in [6, 6.07) is 17.8. The Kier molecular flexibility index (Phi) is 7.92. The summed E-state index contributed by atoms with van der Waals surface area (Å²) in [5.41, 5.74) is 6.78. The van der Waals surface area contributed by atoms with Gasteiger partial charge in [0, 0.05) is 13.1 Å². The summed E-state index contributed by atoms with van der Waals surface area (Å²) >= 11 is 0. The van der Waals surface area contributed by atoms with Crippen LogP contribution in [0.3, 0.4) is 0 Å². The van der Waals surface area contributed by atoms with Crippen LogP contribution in [-0.4, -0.2) is 11.9 Å². The van der Waals surface area contributed by atoms with Gasteiger partial charge in [-0.3, -0.25) is 4.90 Å². The fourth-order valence-corrected chi connectivity index (χ4v) is 2.88. The van der Waals surface area contributed by atoms with Gasteiger partial charge >= 0.3 is 0 Å². The van der Waals surface area contributed by atoms with E-state index in [4.69, 9.17) is 0 Å². The molecule has 2 rings (SSSR count). The summed E-state index contributed by atoms with van der Waals surface area (Å²) in [6.07, 6.45) is 0.999. The van der Waals surface area contributed by atoms with E-state index in [-0.39, 0.29) is 17.8 Å². The Morgan fingerprint density at radius 2 is 1.56 bits per heavy atom. The molecule has 0 radical (unpaired) electrons. The van der Waals surface area contributed by atoms with Crippen molar-refractivity contribution in [1.82, 2.24) is 4.90 Å². The van der Waals surface area contributed by atoms with Gasteiger partial charge in [-0.05, 0) is 46.7 Å². The average molecular weight is 358 g/mol. The molecule has 0 atom stereocenters. The van der Waals surface area contributed by atoms with Crippen LogP contribution in [0.5, 0.6) is 0 Å². The molecule has 0 aliphatic rings. The molecule has 0 aromatic heterocycles. The van der Waals surface area contributed by atoms with E-state index in [1.165, 1.54) is 27.8 Å². The van der Waals surface area contributed by atoms with E-state index >= 15 is 0 Å². The standard InChI is InChI=1S/C23H31N.ClH/c1-7-18(2)21-10-8-9-20(15-21)17-24(6)16-19-11-13-22(14-12-19)23(3,4)5;/h8-15H,2,7,16-17H2,1,3-6H3;1H. The van der Waals surface area contributed by atoms with Crippen LogP contribution in [0, 0.1) is 0 Å². The van der Waals surface area contributed by atoms with Crippen molar-refractivity contribution in [2.75, 3.05) is 7.05 Å². The van der Waals surface area contributed by atoms with Crippen molar-refractivity contribution in [2.24, 2.45) is 0 Å². The van der Waals surface area contributed by atoms with E-state index in [9.17, 15) is 0 Å². The molecule has 2 aromatic carbocycles. The molecule has 0 bridgehead atoms. The van der Waals surface area contributed by atoms with Gasteiger partial charge in [0.1, 0.15) is 0 Å². The summed E-state index contributed by atoms with van der Waals surface area (Å²) in [7, 11) is 2.18. The van der Waals surface area contributed by atoms with Gasteiger partial charge in [-0.25, -0.2) is 0 Å². The van der Waals surface area contributed by atoms with Crippen LogP contribution in [-0.2, 0) is 18.5 Å². The normalized spacial score (nSPS) is 11.3. The van der Waals surface area contributed by atoms with Crippen LogP contribution in [0.15, 0.2) is 55.1 Å². The smallest absolute Gasteiger partial charge is 0.0234 e. The first-order valence-electron chi connectivity index (χ1n) is 8.84. The number of halogens is 1. The summed E-state index contributed by atoms with van der Waals surface area (Å²) in [6.45, 7) is 15.0. The molecule has 2 heteroatoms. The average Bonchev–Trinajstić information content (AvgIpc) is 2.54. The summed E-state index contributed by atoms with van der Waals surface area (Å²) in [5, 5.41) is 0. The van der Waals surface area contributed by atoms with Gasteiger partial charge in [0.25, 0.3) is 0 Å². The molecule has 136 valence electrons. The van der Waals surface area contributed by atoms with E-state index in [2.05, 4.69) is 94.8 Å². The lowest BCUT2D eigenvalue weighted by molar-refractivity contribution is 0.319. The highest BCUT2D eigenvalue weighted by Crippen LogP contribution is 2.23. The Morgan fingerprint density at radius 1 is 0.960 bits per heavy atom. The van der Waals surface area contributed by atoms with Crippen molar-refractivity contribution in [2.45, 2.75) is 52.6 Å². The van der Waals surface area contributed by atoms with Gasteiger partial charge < -0.3 is 0 Å². The minimum atomic E-state index is 0. The molecular formula is C23H32ClN. The third-order valence-corrected chi connectivity index (χ3v) is 4.49. The van der Waals surface area contributed by atoms with E-state index in [1.54, 1.807) is 0 Å². The van der Waals surface area contributed by atoms with Gasteiger partial charge in [0.15, 0.2) is 0 Å². The van der Waals surface area contributed by atoms with E-state index < -0.39 is 0 Å². The second-order valence-corrected chi connectivity index (χ2v) is 7.78. The Bertz CT molecular complexity index is 680. The van der Waals surface area contributed by atoms with E-state index in [0.717, 1.165) is 19.5 Å². The van der Waals surface area contributed by atoms with E-state index in [1.807, 2.05) is 0 Å². The van der Waals surface area contributed by atoms with Crippen LogP contribution in [0.2, 0.25) is 0 Å². The minimum absolute atomic E-state index is 0. The molecular weight excluding hydrogens is 326 g/mol. The molecule has 0 amide bonds. The Labute approximate surface area is 160 Å². The summed E-state index contributed by atoms with van der Waals surface area (Å²) < 4.78 is 0. The maximum Gasteiger partial charge on any atom is 0.0234 e. The molecule has 0 fully saturated rings. The third kappa shape index (κ3) is 6.34. The van der Waals surface area contributed by atoms with Crippen molar-refractivity contribution in [3.05, 3.63) is 77.4 Å². The highest BCUT2D eigenvalue weighted by atomic mass is 35.5. The molecule has 0 heterocycles. The molecule has 0 saturated heterocycles. The molecule has 2 aromatic rings. The van der Waals surface area contributed by atoms with Gasteiger partial charge in [0.05, 0.1) is 0 Å². The quantitative estimate of drug-likeness (QED) is 0.573. The fraction of sp³-hybridized carbons (Fsp3) is 0.391. The number of benzene rings is 2. The predicted molar refractivity (Wildman–Crippen MR) is 113 cm³/mol. The minimum Gasteiger partial charge on any atom is -0.298 e. The van der Waals surface area contributed by atoms with E-state index in [0.29, 0.717) is 0 Å². The first kappa shape index (κ1) is 21.5. The predicted octanol–water partition coefficient (Wildman–Crippen LogP) is 6.46. The van der Waals surface area contributed by atoms with Crippen molar-refractivity contribution in [1.29, 1.82) is 0 Å². The topological polar surface area (TPSA) is 3.24 Å². The molecule has 0 spiro atoms. The number of rotatable bonds is 6. The first-order chi connectivity index (χ1) is 11.3. The zero-order valence-corrected chi connectivity index (χ0v) is 17.1. The van der Waals surface area contributed by atoms with Crippen LogP contribution >= 0.6 is 12.4 Å². The Morgan fingerprint density at radius 3 is 2.12 bits per heavy atom. The second-order valence-electron chi connectivity index (χ2n) is 7.78. The van der Waals surface area contributed by atoms with Gasteiger partial charge in [-0.2, -0.15) is 0 Å². The van der Waals surface area contributed by atoms with Crippen molar-refractivity contribution in [3.63, 3.8) is 0 Å². The Hall–Kier alpha value is -1.57. The maximum absolute atomic E-state index is 4.15. The van der Waals surface area contributed by atoms with Crippen LogP contribution in [0.1, 0.15) is 56.4 Å². The molecule has 0 unspecified atom stereocenters. The number of hydrogen-bond donors (Lipinski definition) is 0.